The van der Waals surface area contributed by atoms with Crippen molar-refractivity contribution in [3.8, 4) is 11.5 Å². The number of nitrogens with zero attached hydrogens (tertiary/aromatic N) is 1. The van der Waals surface area contributed by atoms with Gasteiger partial charge >= 0.3 is 12.6 Å². The zero-order chi connectivity index (χ0) is 21.5. The Kier molecular flexibility index (Phi) is 12.2. The van der Waals surface area contributed by atoms with Gasteiger partial charge in [-0.2, -0.15) is 8.78 Å². The van der Waals surface area contributed by atoms with Gasteiger partial charge in [-0.3, -0.25) is 4.79 Å². The lowest BCUT2D eigenvalue weighted by atomic mass is 10.1. The summed E-state index contributed by atoms with van der Waals surface area (Å²) < 4.78 is 39.6. The van der Waals surface area contributed by atoms with Gasteiger partial charge in [-0.25, -0.2) is 4.99 Å². The van der Waals surface area contributed by atoms with Crippen molar-refractivity contribution in [3.63, 3.8) is 0 Å². The minimum atomic E-state index is -2.91. The molecule has 0 spiro atoms. The SMILES string of the molecule is CCNC(=NCc1cc(OC)ccc1OC(F)F)NCCCCCCC(=O)OC. The van der Waals surface area contributed by atoms with Crippen LogP contribution in [0.25, 0.3) is 0 Å². The molecule has 0 unspecified atom stereocenters. The van der Waals surface area contributed by atoms with E-state index in [0.717, 1.165) is 25.7 Å². The summed E-state index contributed by atoms with van der Waals surface area (Å²) in [7, 11) is 2.90. The number of rotatable bonds is 13. The predicted octanol–water partition coefficient (Wildman–Crippen LogP) is 3.48. The molecule has 29 heavy (non-hydrogen) atoms. The van der Waals surface area contributed by atoms with Gasteiger partial charge in [-0.15, -0.1) is 0 Å². The second kappa shape index (κ2) is 14.4. The molecule has 0 amide bonds. The van der Waals surface area contributed by atoms with Crippen LogP contribution < -0.4 is 20.1 Å². The van der Waals surface area contributed by atoms with Crippen LogP contribution in [0, 0.1) is 0 Å². The van der Waals surface area contributed by atoms with Crippen LogP contribution in [0.5, 0.6) is 11.5 Å². The number of aliphatic imine (C=N–C) groups is 1. The van der Waals surface area contributed by atoms with Gasteiger partial charge < -0.3 is 24.8 Å². The largest absolute Gasteiger partial charge is 0.497 e. The van der Waals surface area contributed by atoms with E-state index in [1.807, 2.05) is 6.92 Å². The van der Waals surface area contributed by atoms with Gasteiger partial charge in [-0.1, -0.05) is 12.8 Å². The van der Waals surface area contributed by atoms with Gasteiger partial charge in [0.05, 0.1) is 20.8 Å². The molecule has 0 aromatic heterocycles. The molecule has 164 valence electrons. The molecule has 2 N–H and O–H groups in total. The number of alkyl halides is 2. The molecule has 0 aliphatic rings. The summed E-state index contributed by atoms with van der Waals surface area (Å²) in [4.78, 5) is 15.5. The molecule has 0 atom stereocenters. The highest BCUT2D eigenvalue weighted by atomic mass is 19.3. The molecule has 0 saturated carbocycles. The van der Waals surface area contributed by atoms with E-state index >= 15 is 0 Å². The number of carbonyl (C=O) groups excluding carboxylic acids is 1. The standard InChI is InChI=1S/C20H31F2N3O4/c1-4-23-20(24-12-8-6-5-7-9-18(26)28-3)25-14-15-13-16(27-2)10-11-17(15)29-19(21)22/h10-11,13,19H,4-9,12,14H2,1-3H3,(H2,23,24,25). The minimum Gasteiger partial charge on any atom is -0.497 e. The van der Waals surface area contributed by atoms with Crippen LogP contribution in [-0.2, 0) is 16.1 Å². The van der Waals surface area contributed by atoms with Crippen LogP contribution in [-0.4, -0.2) is 45.8 Å². The highest BCUT2D eigenvalue weighted by Crippen LogP contribution is 2.26. The third-order valence-electron chi connectivity index (χ3n) is 4.06. The quantitative estimate of drug-likeness (QED) is 0.222. The number of hydrogen-bond acceptors (Lipinski definition) is 5. The Bertz CT molecular complexity index is 642. The predicted molar refractivity (Wildman–Crippen MR) is 108 cm³/mol. The van der Waals surface area contributed by atoms with Gasteiger partial charge in [0.1, 0.15) is 11.5 Å². The number of hydrogen-bond donors (Lipinski definition) is 2. The van der Waals surface area contributed by atoms with E-state index in [0.29, 0.717) is 36.8 Å². The van der Waals surface area contributed by atoms with E-state index < -0.39 is 6.61 Å². The number of methoxy groups -OCH3 is 2. The lowest BCUT2D eigenvalue weighted by Crippen LogP contribution is -2.37. The van der Waals surface area contributed by atoms with Gasteiger partial charge in [0.2, 0.25) is 0 Å². The molecule has 0 fully saturated rings. The summed E-state index contributed by atoms with van der Waals surface area (Å²) in [5.41, 5.74) is 0.504. The number of halogens is 2. The molecule has 1 aromatic rings. The van der Waals surface area contributed by atoms with Crippen molar-refractivity contribution in [3.05, 3.63) is 23.8 Å². The lowest BCUT2D eigenvalue weighted by Gasteiger charge is -2.13. The minimum absolute atomic E-state index is 0.0750. The molecule has 0 heterocycles. The smallest absolute Gasteiger partial charge is 0.387 e. The Morgan fingerprint density at radius 1 is 1.14 bits per heavy atom. The summed E-state index contributed by atoms with van der Waals surface area (Å²) in [5, 5.41) is 6.34. The molecule has 9 heteroatoms. The molecule has 0 aliphatic heterocycles. The number of ether oxygens (including phenoxy) is 3. The van der Waals surface area contributed by atoms with Crippen LogP contribution in [0.1, 0.15) is 44.6 Å². The maximum Gasteiger partial charge on any atom is 0.387 e. The molecular weight excluding hydrogens is 384 g/mol. The van der Waals surface area contributed by atoms with E-state index in [1.54, 1.807) is 12.1 Å². The number of esters is 1. The van der Waals surface area contributed by atoms with Crippen LogP contribution >= 0.6 is 0 Å². The maximum atomic E-state index is 12.6. The topological polar surface area (TPSA) is 81.2 Å². The van der Waals surface area contributed by atoms with E-state index in [9.17, 15) is 13.6 Å². The average Bonchev–Trinajstić information content (AvgIpc) is 2.71. The van der Waals surface area contributed by atoms with Crippen molar-refractivity contribution in [1.82, 2.24) is 10.6 Å². The van der Waals surface area contributed by atoms with Crippen molar-refractivity contribution < 1.29 is 27.8 Å². The van der Waals surface area contributed by atoms with Crippen LogP contribution in [0.4, 0.5) is 8.78 Å². The zero-order valence-electron chi connectivity index (χ0n) is 17.3. The number of unbranched alkanes of at least 4 members (excludes halogenated alkanes) is 3. The average molecular weight is 415 g/mol. The second-order valence-corrected chi connectivity index (χ2v) is 6.21. The van der Waals surface area contributed by atoms with Crippen molar-refractivity contribution in [2.75, 3.05) is 27.3 Å². The molecular formula is C20H31F2N3O4. The molecule has 7 nitrogen and oxygen atoms in total. The van der Waals surface area contributed by atoms with Crippen molar-refractivity contribution in [2.24, 2.45) is 4.99 Å². The lowest BCUT2D eigenvalue weighted by molar-refractivity contribution is -0.140. The summed E-state index contributed by atoms with van der Waals surface area (Å²) in [6, 6.07) is 4.64. The Morgan fingerprint density at radius 3 is 2.55 bits per heavy atom. The van der Waals surface area contributed by atoms with Gasteiger partial charge in [-0.05, 0) is 38.0 Å². The molecule has 1 rings (SSSR count). The first-order valence-electron chi connectivity index (χ1n) is 9.70. The Labute approximate surface area is 170 Å². The van der Waals surface area contributed by atoms with Crippen molar-refractivity contribution in [2.45, 2.75) is 52.2 Å². The number of nitrogens with one attached hydrogen (secondary N) is 2. The fraction of sp³-hybridized carbons (Fsp3) is 0.600. The highest BCUT2D eigenvalue weighted by Gasteiger charge is 2.11. The third kappa shape index (κ3) is 10.5. The van der Waals surface area contributed by atoms with Crippen molar-refractivity contribution >= 4 is 11.9 Å². The maximum absolute atomic E-state index is 12.6. The Balaban J connectivity index is 2.55. The number of carbonyl (C=O) groups is 1. The Morgan fingerprint density at radius 2 is 1.90 bits per heavy atom. The number of guanidine groups is 1. The van der Waals surface area contributed by atoms with Gasteiger partial charge in [0, 0.05) is 25.1 Å². The van der Waals surface area contributed by atoms with E-state index in [2.05, 4.69) is 25.1 Å². The van der Waals surface area contributed by atoms with E-state index in [1.165, 1.54) is 20.3 Å². The Hall–Kier alpha value is -2.58. The van der Waals surface area contributed by atoms with Crippen LogP contribution in [0.3, 0.4) is 0 Å². The summed E-state index contributed by atoms with van der Waals surface area (Å²) in [6.07, 6.45) is 4.10. The highest BCUT2D eigenvalue weighted by molar-refractivity contribution is 5.79. The summed E-state index contributed by atoms with van der Waals surface area (Å²) in [5.74, 6) is 1.03. The van der Waals surface area contributed by atoms with Crippen molar-refractivity contribution in [1.29, 1.82) is 0 Å². The van der Waals surface area contributed by atoms with E-state index in [4.69, 9.17) is 4.74 Å². The molecule has 0 aliphatic carbocycles. The van der Waals surface area contributed by atoms with Gasteiger partial charge in [0.15, 0.2) is 5.96 Å². The molecule has 1 aromatic carbocycles. The van der Waals surface area contributed by atoms with E-state index in [-0.39, 0.29) is 18.3 Å². The normalized spacial score (nSPS) is 11.3. The first-order chi connectivity index (χ1) is 14.0. The summed E-state index contributed by atoms with van der Waals surface area (Å²) >= 11 is 0. The first-order valence-corrected chi connectivity index (χ1v) is 9.70. The van der Waals surface area contributed by atoms with Crippen LogP contribution in [0.2, 0.25) is 0 Å². The fourth-order valence-corrected chi connectivity index (χ4v) is 2.58. The molecule has 0 saturated heterocycles. The molecule has 0 radical (unpaired) electrons. The molecule has 0 bridgehead atoms. The fourth-order valence-electron chi connectivity index (χ4n) is 2.58. The monoisotopic (exact) mass is 415 g/mol. The summed E-state index contributed by atoms with van der Waals surface area (Å²) in [6.45, 7) is 0.581. The van der Waals surface area contributed by atoms with Crippen LogP contribution in [0.15, 0.2) is 23.2 Å². The number of benzene rings is 1. The first kappa shape index (κ1) is 24.5. The third-order valence-corrected chi connectivity index (χ3v) is 4.06. The zero-order valence-corrected chi connectivity index (χ0v) is 17.3. The second-order valence-electron chi connectivity index (χ2n) is 6.21. The van der Waals surface area contributed by atoms with Gasteiger partial charge in [0.25, 0.3) is 0 Å².